The largest absolute Gasteiger partial charge is 0.479 e. The summed E-state index contributed by atoms with van der Waals surface area (Å²) in [5.41, 5.74) is 0.774. The first kappa shape index (κ1) is 17.9. The number of pyridine rings is 1. The molecule has 8 heteroatoms. The van der Waals surface area contributed by atoms with Gasteiger partial charge in [-0.25, -0.2) is 8.42 Å². The van der Waals surface area contributed by atoms with Crippen LogP contribution in [0.4, 0.5) is 0 Å². The fourth-order valence-corrected chi connectivity index (χ4v) is 5.04. The Hall–Kier alpha value is -1.92. The number of sulfonamides is 1. The van der Waals surface area contributed by atoms with Gasteiger partial charge in [-0.1, -0.05) is 30.0 Å². The SMILES string of the molecule is O=S(=O)(NCC#CCOc1cccc2cccnc12)c1ccc(Br)s1. The number of thiophene rings is 1. The molecule has 0 radical (unpaired) electrons. The van der Waals surface area contributed by atoms with Gasteiger partial charge < -0.3 is 4.74 Å². The van der Waals surface area contributed by atoms with Crippen LogP contribution in [0.5, 0.6) is 5.75 Å². The molecule has 0 spiro atoms. The van der Waals surface area contributed by atoms with Crippen LogP contribution in [-0.2, 0) is 10.0 Å². The first-order chi connectivity index (χ1) is 12.1. The van der Waals surface area contributed by atoms with Gasteiger partial charge in [0.05, 0.1) is 10.3 Å². The third kappa shape index (κ3) is 4.58. The Morgan fingerprint density at radius 1 is 1.16 bits per heavy atom. The zero-order valence-corrected chi connectivity index (χ0v) is 16.1. The zero-order valence-electron chi connectivity index (χ0n) is 12.9. The first-order valence-electron chi connectivity index (χ1n) is 7.23. The molecule has 0 fully saturated rings. The molecule has 0 amide bonds. The standard InChI is InChI=1S/C17H13BrN2O3S2/c18-15-8-9-16(24-15)25(21,22)20-11-1-2-12-23-14-7-3-5-13-6-4-10-19-17(13)14/h3-10,20H,11-12H2. The molecule has 1 N–H and O–H groups in total. The molecular formula is C17H13BrN2O3S2. The summed E-state index contributed by atoms with van der Waals surface area (Å²) < 4.78 is 33.1. The molecular weight excluding hydrogens is 424 g/mol. The summed E-state index contributed by atoms with van der Waals surface area (Å²) in [6.45, 7) is 0.178. The van der Waals surface area contributed by atoms with E-state index < -0.39 is 10.0 Å². The molecule has 0 atom stereocenters. The van der Waals surface area contributed by atoms with Crippen molar-refractivity contribution in [1.29, 1.82) is 0 Å². The number of nitrogens with zero attached hydrogens (tertiary/aromatic N) is 1. The number of benzene rings is 1. The van der Waals surface area contributed by atoms with Gasteiger partial charge in [0.1, 0.15) is 22.1 Å². The van der Waals surface area contributed by atoms with Crippen LogP contribution < -0.4 is 9.46 Å². The van der Waals surface area contributed by atoms with Crippen molar-refractivity contribution in [3.05, 3.63) is 52.4 Å². The highest BCUT2D eigenvalue weighted by molar-refractivity contribution is 9.11. The van der Waals surface area contributed by atoms with Crippen molar-refractivity contribution in [2.24, 2.45) is 0 Å². The minimum atomic E-state index is -3.52. The number of rotatable bonds is 5. The summed E-state index contributed by atoms with van der Waals surface area (Å²) >= 11 is 4.39. The van der Waals surface area contributed by atoms with Crippen LogP contribution in [0.15, 0.2) is 56.7 Å². The van der Waals surface area contributed by atoms with E-state index in [4.69, 9.17) is 4.74 Å². The maximum absolute atomic E-state index is 12.0. The average molecular weight is 437 g/mol. The number of ether oxygens (including phenoxy) is 1. The summed E-state index contributed by atoms with van der Waals surface area (Å²) in [7, 11) is -3.52. The number of hydrogen-bond donors (Lipinski definition) is 1. The summed E-state index contributed by atoms with van der Waals surface area (Å²) in [4.78, 5) is 4.30. The van der Waals surface area contributed by atoms with Crippen LogP contribution in [-0.4, -0.2) is 26.6 Å². The Morgan fingerprint density at radius 3 is 2.80 bits per heavy atom. The highest BCUT2D eigenvalue weighted by atomic mass is 79.9. The molecule has 2 heterocycles. The monoisotopic (exact) mass is 436 g/mol. The van der Waals surface area contributed by atoms with Crippen molar-refractivity contribution in [3.63, 3.8) is 0 Å². The molecule has 0 aliphatic rings. The Labute approximate surface area is 158 Å². The van der Waals surface area contributed by atoms with Crippen LogP contribution in [0.3, 0.4) is 0 Å². The van der Waals surface area contributed by atoms with E-state index in [0.717, 1.165) is 26.0 Å². The van der Waals surface area contributed by atoms with Gasteiger partial charge in [-0.15, -0.1) is 11.3 Å². The Morgan fingerprint density at radius 2 is 2.00 bits per heavy atom. The number of hydrogen-bond acceptors (Lipinski definition) is 5. The molecule has 0 aliphatic carbocycles. The highest BCUT2D eigenvalue weighted by Crippen LogP contribution is 2.25. The molecule has 0 aliphatic heterocycles. The van der Waals surface area contributed by atoms with E-state index in [-0.39, 0.29) is 17.4 Å². The van der Waals surface area contributed by atoms with Crippen LogP contribution in [0, 0.1) is 11.8 Å². The predicted octanol–water partition coefficient (Wildman–Crippen LogP) is 3.42. The number of para-hydroxylation sites is 1. The van der Waals surface area contributed by atoms with Crippen molar-refractivity contribution in [1.82, 2.24) is 9.71 Å². The van der Waals surface area contributed by atoms with E-state index in [0.29, 0.717) is 5.75 Å². The predicted molar refractivity (Wildman–Crippen MR) is 102 cm³/mol. The molecule has 128 valence electrons. The van der Waals surface area contributed by atoms with E-state index in [9.17, 15) is 8.42 Å². The lowest BCUT2D eigenvalue weighted by atomic mass is 10.2. The number of fused-ring (bicyclic) bond motifs is 1. The normalized spacial score (nSPS) is 11.1. The van der Waals surface area contributed by atoms with Gasteiger partial charge >= 0.3 is 0 Å². The molecule has 5 nitrogen and oxygen atoms in total. The average Bonchev–Trinajstić information content (AvgIpc) is 3.05. The molecule has 0 saturated heterocycles. The minimum absolute atomic E-state index is 0.0228. The van der Waals surface area contributed by atoms with Gasteiger partial charge in [-0.2, -0.15) is 4.72 Å². The van der Waals surface area contributed by atoms with Crippen molar-refractivity contribution >= 4 is 48.2 Å². The second-order valence-electron chi connectivity index (χ2n) is 4.86. The van der Waals surface area contributed by atoms with Crippen molar-refractivity contribution < 1.29 is 13.2 Å². The third-order valence-electron chi connectivity index (χ3n) is 3.18. The van der Waals surface area contributed by atoms with Crippen LogP contribution >= 0.6 is 27.3 Å². The van der Waals surface area contributed by atoms with Gasteiger partial charge in [0.15, 0.2) is 0 Å². The summed E-state index contributed by atoms with van der Waals surface area (Å²) in [6, 6.07) is 12.7. The van der Waals surface area contributed by atoms with Gasteiger partial charge in [0.25, 0.3) is 10.0 Å². The quantitative estimate of drug-likeness (QED) is 0.622. The highest BCUT2D eigenvalue weighted by Gasteiger charge is 2.14. The number of nitrogens with one attached hydrogen (secondary N) is 1. The van der Waals surface area contributed by atoms with Gasteiger partial charge in [-0.05, 0) is 40.2 Å². The van der Waals surface area contributed by atoms with Gasteiger partial charge in [0.2, 0.25) is 0 Å². The third-order valence-corrected chi connectivity index (χ3v) is 6.70. The fraction of sp³-hybridized carbons (Fsp3) is 0.118. The van der Waals surface area contributed by atoms with Crippen molar-refractivity contribution in [2.75, 3.05) is 13.2 Å². The molecule has 3 aromatic rings. The van der Waals surface area contributed by atoms with E-state index in [1.54, 1.807) is 18.3 Å². The molecule has 0 bridgehead atoms. The summed E-state index contributed by atoms with van der Waals surface area (Å²) in [5, 5.41) is 0.989. The van der Waals surface area contributed by atoms with E-state index in [1.165, 1.54) is 0 Å². The molecule has 2 aromatic heterocycles. The van der Waals surface area contributed by atoms with Gasteiger partial charge in [-0.3, -0.25) is 4.98 Å². The van der Waals surface area contributed by atoms with Crippen molar-refractivity contribution in [2.45, 2.75) is 4.21 Å². The van der Waals surface area contributed by atoms with Crippen LogP contribution in [0.1, 0.15) is 0 Å². The zero-order chi connectivity index (χ0) is 17.7. The minimum Gasteiger partial charge on any atom is -0.479 e. The fourth-order valence-electron chi connectivity index (χ4n) is 2.06. The lowest BCUT2D eigenvalue weighted by Gasteiger charge is -2.05. The second-order valence-corrected chi connectivity index (χ2v) is 9.31. The molecule has 0 unspecified atom stereocenters. The van der Waals surface area contributed by atoms with E-state index in [2.05, 4.69) is 37.5 Å². The van der Waals surface area contributed by atoms with E-state index in [1.807, 2.05) is 30.3 Å². The topological polar surface area (TPSA) is 68.3 Å². The molecule has 0 saturated carbocycles. The van der Waals surface area contributed by atoms with E-state index >= 15 is 0 Å². The summed E-state index contributed by atoms with van der Waals surface area (Å²) in [6.07, 6.45) is 1.71. The number of halogens is 1. The lowest BCUT2D eigenvalue weighted by molar-refractivity contribution is 0.374. The Bertz CT molecular complexity index is 1050. The van der Waals surface area contributed by atoms with Gasteiger partial charge in [0, 0.05) is 11.6 Å². The second kappa shape index (κ2) is 7.97. The molecule has 1 aromatic carbocycles. The lowest BCUT2D eigenvalue weighted by Crippen LogP contribution is -2.23. The number of aromatic nitrogens is 1. The maximum Gasteiger partial charge on any atom is 0.250 e. The first-order valence-corrected chi connectivity index (χ1v) is 10.3. The van der Waals surface area contributed by atoms with Crippen LogP contribution in [0.25, 0.3) is 10.9 Å². The molecule has 25 heavy (non-hydrogen) atoms. The van der Waals surface area contributed by atoms with Crippen molar-refractivity contribution in [3.8, 4) is 17.6 Å². The maximum atomic E-state index is 12.0. The summed E-state index contributed by atoms with van der Waals surface area (Å²) in [5.74, 6) is 6.19. The Balaban J connectivity index is 1.55. The van der Waals surface area contributed by atoms with Crippen LogP contribution in [0.2, 0.25) is 0 Å². The Kier molecular flexibility index (Phi) is 5.71. The smallest absolute Gasteiger partial charge is 0.250 e. The molecule has 3 rings (SSSR count).